The highest BCUT2D eigenvalue weighted by Gasteiger charge is 2.14. The first kappa shape index (κ1) is 13.9. The van der Waals surface area contributed by atoms with Crippen LogP contribution in [-0.4, -0.2) is 22.0 Å². The Morgan fingerprint density at radius 2 is 2.11 bits per heavy atom. The maximum Gasteiger partial charge on any atom is 0.180 e. The Hall–Kier alpha value is -1.49. The number of pyridine rings is 1. The van der Waals surface area contributed by atoms with Gasteiger partial charge in [0.2, 0.25) is 0 Å². The topological polar surface area (TPSA) is 50.7 Å². The molecule has 2 aromatic heterocycles. The SMILES string of the molecule is CCCc1nc(-c2ncccc2C)nc(NC)c1Br. The first-order chi connectivity index (χ1) is 9.17. The molecule has 19 heavy (non-hydrogen) atoms. The van der Waals surface area contributed by atoms with E-state index in [1.807, 2.05) is 26.1 Å². The molecule has 0 amide bonds. The Morgan fingerprint density at radius 3 is 2.74 bits per heavy atom. The third-order valence-electron chi connectivity index (χ3n) is 2.86. The van der Waals surface area contributed by atoms with Gasteiger partial charge >= 0.3 is 0 Å². The first-order valence-electron chi connectivity index (χ1n) is 6.33. The second kappa shape index (κ2) is 6.10. The van der Waals surface area contributed by atoms with Gasteiger partial charge in [0.25, 0.3) is 0 Å². The van der Waals surface area contributed by atoms with Crippen LogP contribution in [0.4, 0.5) is 5.82 Å². The quantitative estimate of drug-likeness (QED) is 0.935. The standard InChI is InChI=1S/C14H17BrN4/c1-4-6-10-11(15)13(16-3)19-14(18-10)12-9(2)7-5-8-17-12/h5,7-8H,4,6H2,1-3H3,(H,16,18,19). The number of aryl methyl sites for hydroxylation is 2. The molecule has 0 radical (unpaired) electrons. The van der Waals surface area contributed by atoms with E-state index >= 15 is 0 Å². The molecule has 0 atom stereocenters. The van der Waals surface area contributed by atoms with Crippen LogP contribution in [0.2, 0.25) is 0 Å². The van der Waals surface area contributed by atoms with Crippen LogP contribution in [0.25, 0.3) is 11.5 Å². The fourth-order valence-corrected chi connectivity index (χ4v) is 2.46. The molecule has 100 valence electrons. The molecule has 1 N–H and O–H groups in total. The van der Waals surface area contributed by atoms with Crippen molar-refractivity contribution < 1.29 is 0 Å². The summed E-state index contributed by atoms with van der Waals surface area (Å²) in [5, 5.41) is 3.10. The predicted octanol–water partition coefficient (Wildman–Crippen LogP) is 3.60. The average molecular weight is 321 g/mol. The highest BCUT2D eigenvalue weighted by atomic mass is 79.9. The van der Waals surface area contributed by atoms with E-state index in [1.165, 1.54) is 0 Å². The number of hydrogen-bond acceptors (Lipinski definition) is 4. The van der Waals surface area contributed by atoms with E-state index in [2.05, 4.69) is 43.1 Å². The van der Waals surface area contributed by atoms with Gasteiger partial charge in [-0.15, -0.1) is 0 Å². The van der Waals surface area contributed by atoms with E-state index in [4.69, 9.17) is 0 Å². The Bertz CT molecular complexity index is 584. The minimum atomic E-state index is 0.675. The van der Waals surface area contributed by atoms with E-state index in [-0.39, 0.29) is 0 Å². The lowest BCUT2D eigenvalue weighted by Gasteiger charge is -2.11. The summed E-state index contributed by atoms with van der Waals surface area (Å²) >= 11 is 3.56. The molecular weight excluding hydrogens is 304 g/mol. The molecule has 0 unspecified atom stereocenters. The molecule has 2 aromatic rings. The maximum absolute atomic E-state index is 4.64. The second-order valence-electron chi connectivity index (χ2n) is 4.33. The van der Waals surface area contributed by atoms with Gasteiger partial charge in [0.1, 0.15) is 11.5 Å². The van der Waals surface area contributed by atoms with Crippen LogP contribution < -0.4 is 5.32 Å². The lowest BCUT2D eigenvalue weighted by Crippen LogP contribution is -2.04. The fourth-order valence-electron chi connectivity index (χ4n) is 1.89. The zero-order chi connectivity index (χ0) is 13.8. The summed E-state index contributed by atoms with van der Waals surface area (Å²) in [4.78, 5) is 13.6. The molecule has 2 rings (SSSR count). The third kappa shape index (κ3) is 2.92. The molecule has 0 aliphatic rings. The summed E-state index contributed by atoms with van der Waals surface area (Å²) in [5.74, 6) is 1.48. The largest absolute Gasteiger partial charge is 0.372 e. The number of aromatic nitrogens is 3. The van der Waals surface area contributed by atoms with E-state index in [0.717, 1.165) is 40.1 Å². The smallest absolute Gasteiger partial charge is 0.180 e. The summed E-state index contributed by atoms with van der Waals surface area (Å²) in [6.07, 6.45) is 3.72. The maximum atomic E-state index is 4.64. The zero-order valence-electron chi connectivity index (χ0n) is 11.4. The van der Waals surface area contributed by atoms with Crippen LogP contribution in [0.3, 0.4) is 0 Å². The van der Waals surface area contributed by atoms with E-state index in [0.29, 0.717) is 5.82 Å². The van der Waals surface area contributed by atoms with Crippen molar-refractivity contribution in [3.05, 3.63) is 34.1 Å². The fraction of sp³-hybridized carbons (Fsp3) is 0.357. The Labute approximate surface area is 121 Å². The van der Waals surface area contributed by atoms with Crippen molar-refractivity contribution in [1.82, 2.24) is 15.0 Å². The summed E-state index contributed by atoms with van der Waals surface area (Å²) in [6.45, 7) is 4.16. The Morgan fingerprint density at radius 1 is 1.32 bits per heavy atom. The molecular formula is C14H17BrN4. The molecule has 2 heterocycles. The lowest BCUT2D eigenvalue weighted by molar-refractivity contribution is 0.867. The highest BCUT2D eigenvalue weighted by Crippen LogP contribution is 2.28. The monoisotopic (exact) mass is 320 g/mol. The van der Waals surface area contributed by atoms with Gasteiger partial charge in [0, 0.05) is 13.2 Å². The lowest BCUT2D eigenvalue weighted by atomic mass is 10.2. The summed E-state index contributed by atoms with van der Waals surface area (Å²) < 4.78 is 0.939. The van der Waals surface area contributed by atoms with E-state index in [9.17, 15) is 0 Å². The minimum Gasteiger partial charge on any atom is -0.372 e. The minimum absolute atomic E-state index is 0.675. The second-order valence-corrected chi connectivity index (χ2v) is 5.12. The highest BCUT2D eigenvalue weighted by molar-refractivity contribution is 9.10. The van der Waals surface area contributed by atoms with Crippen LogP contribution in [-0.2, 0) is 6.42 Å². The summed E-state index contributed by atoms with van der Waals surface area (Å²) in [7, 11) is 1.86. The number of halogens is 1. The molecule has 0 aromatic carbocycles. The van der Waals surface area contributed by atoms with Crippen LogP contribution >= 0.6 is 15.9 Å². The Kier molecular flexibility index (Phi) is 4.47. The van der Waals surface area contributed by atoms with Crippen LogP contribution in [0, 0.1) is 6.92 Å². The van der Waals surface area contributed by atoms with Crippen molar-refractivity contribution in [2.24, 2.45) is 0 Å². The molecule has 0 spiro atoms. The van der Waals surface area contributed by atoms with Crippen molar-refractivity contribution in [2.45, 2.75) is 26.7 Å². The zero-order valence-corrected chi connectivity index (χ0v) is 13.0. The average Bonchev–Trinajstić information content (AvgIpc) is 2.42. The van der Waals surface area contributed by atoms with Gasteiger partial charge in [0.15, 0.2) is 5.82 Å². The number of nitrogens with zero attached hydrogens (tertiary/aromatic N) is 3. The van der Waals surface area contributed by atoms with Crippen molar-refractivity contribution in [2.75, 3.05) is 12.4 Å². The molecule has 5 heteroatoms. The van der Waals surface area contributed by atoms with Gasteiger partial charge in [-0.05, 0) is 40.9 Å². The third-order valence-corrected chi connectivity index (χ3v) is 3.70. The van der Waals surface area contributed by atoms with Crippen LogP contribution in [0.1, 0.15) is 24.6 Å². The molecule has 0 saturated heterocycles. The number of anilines is 1. The molecule has 4 nitrogen and oxygen atoms in total. The van der Waals surface area contributed by atoms with Gasteiger partial charge in [0.05, 0.1) is 10.2 Å². The molecule has 0 saturated carbocycles. The Balaban J connectivity index is 2.58. The first-order valence-corrected chi connectivity index (χ1v) is 7.12. The van der Waals surface area contributed by atoms with E-state index in [1.54, 1.807) is 6.20 Å². The normalized spacial score (nSPS) is 10.5. The van der Waals surface area contributed by atoms with Gasteiger partial charge in [-0.2, -0.15) is 0 Å². The van der Waals surface area contributed by atoms with Crippen molar-refractivity contribution in [1.29, 1.82) is 0 Å². The molecule has 0 bridgehead atoms. The van der Waals surface area contributed by atoms with Gasteiger partial charge in [-0.25, -0.2) is 9.97 Å². The summed E-state index contributed by atoms with van der Waals surface area (Å²) in [5.41, 5.74) is 2.93. The van der Waals surface area contributed by atoms with Crippen molar-refractivity contribution in [3.63, 3.8) is 0 Å². The van der Waals surface area contributed by atoms with Gasteiger partial charge in [-0.1, -0.05) is 19.4 Å². The molecule has 0 aliphatic carbocycles. The molecule has 0 fully saturated rings. The van der Waals surface area contributed by atoms with Crippen molar-refractivity contribution in [3.8, 4) is 11.5 Å². The van der Waals surface area contributed by atoms with Crippen LogP contribution in [0.5, 0.6) is 0 Å². The number of rotatable bonds is 4. The van der Waals surface area contributed by atoms with Crippen LogP contribution in [0.15, 0.2) is 22.8 Å². The predicted molar refractivity (Wildman–Crippen MR) is 81.2 cm³/mol. The van der Waals surface area contributed by atoms with E-state index < -0.39 is 0 Å². The summed E-state index contributed by atoms with van der Waals surface area (Å²) in [6, 6.07) is 3.94. The van der Waals surface area contributed by atoms with Gasteiger partial charge < -0.3 is 5.32 Å². The van der Waals surface area contributed by atoms with Crippen molar-refractivity contribution >= 4 is 21.7 Å². The van der Waals surface area contributed by atoms with Gasteiger partial charge in [-0.3, -0.25) is 4.98 Å². The molecule has 0 aliphatic heterocycles. The number of nitrogens with one attached hydrogen (secondary N) is 1. The number of hydrogen-bond donors (Lipinski definition) is 1.